The summed E-state index contributed by atoms with van der Waals surface area (Å²) >= 11 is 0. The molecular weight excluding hydrogens is 346 g/mol. The third-order valence-electron chi connectivity index (χ3n) is 5.59. The lowest BCUT2D eigenvalue weighted by Gasteiger charge is -2.15. The molecular formula is C24H31N3O. The van der Waals surface area contributed by atoms with Gasteiger partial charge < -0.3 is 14.2 Å². The number of ether oxygens (including phenoxy) is 1. The van der Waals surface area contributed by atoms with Crippen LogP contribution in [0.2, 0.25) is 0 Å². The van der Waals surface area contributed by atoms with Gasteiger partial charge in [-0.25, -0.2) is 4.98 Å². The van der Waals surface area contributed by atoms with Gasteiger partial charge in [-0.3, -0.25) is 0 Å². The summed E-state index contributed by atoms with van der Waals surface area (Å²) in [5.41, 5.74) is 4.78. The van der Waals surface area contributed by atoms with Crippen LogP contribution in [0.5, 0.6) is 5.75 Å². The van der Waals surface area contributed by atoms with Crippen LogP contribution < -0.4 is 4.74 Å². The zero-order valence-electron chi connectivity index (χ0n) is 17.2. The van der Waals surface area contributed by atoms with E-state index in [0.717, 1.165) is 24.2 Å². The molecule has 1 saturated heterocycles. The molecule has 0 amide bonds. The highest BCUT2D eigenvalue weighted by atomic mass is 16.5. The lowest BCUT2D eigenvalue weighted by Crippen LogP contribution is -2.21. The van der Waals surface area contributed by atoms with Crippen LogP contribution in [-0.2, 0) is 13.0 Å². The molecule has 0 atom stereocenters. The predicted molar refractivity (Wildman–Crippen MR) is 115 cm³/mol. The third kappa shape index (κ3) is 4.56. The van der Waals surface area contributed by atoms with Gasteiger partial charge in [0, 0.05) is 6.42 Å². The highest BCUT2D eigenvalue weighted by molar-refractivity contribution is 5.75. The Hall–Kier alpha value is -2.33. The molecule has 2 heterocycles. The van der Waals surface area contributed by atoms with Crippen LogP contribution in [0.3, 0.4) is 0 Å². The maximum Gasteiger partial charge on any atom is 0.119 e. The Labute approximate surface area is 168 Å². The topological polar surface area (TPSA) is 30.3 Å². The highest BCUT2D eigenvalue weighted by Gasteiger charge is 2.13. The van der Waals surface area contributed by atoms with Crippen LogP contribution in [0.4, 0.5) is 0 Å². The summed E-state index contributed by atoms with van der Waals surface area (Å²) in [7, 11) is 0. The van der Waals surface area contributed by atoms with E-state index in [-0.39, 0.29) is 0 Å². The number of likely N-dealkylation sites (tertiary alicyclic amines) is 1. The second kappa shape index (κ2) is 8.78. The van der Waals surface area contributed by atoms with Gasteiger partial charge in [0.15, 0.2) is 0 Å². The minimum Gasteiger partial charge on any atom is -0.492 e. The van der Waals surface area contributed by atoms with Gasteiger partial charge in [-0.2, -0.15) is 0 Å². The van der Waals surface area contributed by atoms with Crippen molar-refractivity contribution in [2.24, 2.45) is 0 Å². The van der Waals surface area contributed by atoms with E-state index in [4.69, 9.17) is 9.72 Å². The van der Waals surface area contributed by atoms with Gasteiger partial charge in [0.2, 0.25) is 0 Å². The summed E-state index contributed by atoms with van der Waals surface area (Å²) in [5.74, 6) is 2.14. The number of aryl methyl sites for hydroxylation is 3. The molecule has 4 nitrogen and oxygen atoms in total. The van der Waals surface area contributed by atoms with Crippen molar-refractivity contribution in [1.29, 1.82) is 0 Å². The molecule has 3 aromatic rings. The number of hydrogen-bond acceptors (Lipinski definition) is 3. The van der Waals surface area contributed by atoms with Gasteiger partial charge in [-0.1, -0.05) is 18.2 Å². The lowest BCUT2D eigenvalue weighted by molar-refractivity contribution is 0.296. The van der Waals surface area contributed by atoms with Crippen LogP contribution >= 0.6 is 0 Å². The van der Waals surface area contributed by atoms with Crippen molar-refractivity contribution in [2.75, 3.05) is 26.2 Å². The fourth-order valence-corrected chi connectivity index (χ4v) is 4.30. The van der Waals surface area contributed by atoms with Crippen molar-refractivity contribution in [3.8, 4) is 5.75 Å². The Kier molecular flexibility index (Phi) is 5.96. The zero-order chi connectivity index (χ0) is 19.3. The normalized spacial score (nSPS) is 14.8. The fourth-order valence-electron chi connectivity index (χ4n) is 4.30. The smallest absolute Gasteiger partial charge is 0.119 e. The Balaban J connectivity index is 1.43. The van der Waals surface area contributed by atoms with Gasteiger partial charge in [0.05, 0.1) is 17.6 Å². The molecule has 0 spiro atoms. The van der Waals surface area contributed by atoms with E-state index in [0.29, 0.717) is 6.61 Å². The molecule has 2 aromatic carbocycles. The van der Waals surface area contributed by atoms with Crippen LogP contribution in [0, 0.1) is 13.8 Å². The molecule has 0 saturated carbocycles. The zero-order valence-corrected chi connectivity index (χ0v) is 17.2. The molecule has 0 unspecified atom stereocenters. The SMILES string of the molecule is Cc1cc(C)cc(OCCn2c(CCCN3CCCC3)nc3ccccc32)c1. The molecule has 1 fully saturated rings. The first-order valence-corrected chi connectivity index (χ1v) is 10.6. The number of imidazole rings is 1. The number of nitrogens with zero attached hydrogens (tertiary/aromatic N) is 3. The van der Waals surface area contributed by atoms with E-state index >= 15 is 0 Å². The van der Waals surface area contributed by atoms with Crippen molar-refractivity contribution < 1.29 is 4.74 Å². The van der Waals surface area contributed by atoms with E-state index in [1.165, 1.54) is 61.4 Å². The molecule has 4 heteroatoms. The van der Waals surface area contributed by atoms with Crippen LogP contribution in [-0.4, -0.2) is 40.7 Å². The van der Waals surface area contributed by atoms with E-state index in [2.05, 4.69) is 65.8 Å². The fraction of sp³-hybridized carbons (Fsp3) is 0.458. The summed E-state index contributed by atoms with van der Waals surface area (Å²) in [6, 6.07) is 14.8. The quantitative estimate of drug-likeness (QED) is 0.567. The largest absolute Gasteiger partial charge is 0.492 e. The molecule has 0 bridgehead atoms. The van der Waals surface area contributed by atoms with E-state index in [9.17, 15) is 0 Å². The summed E-state index contributed by atoms with van der Waals surface area (Å²) in [4.78, 5) is 7.50. The van der Waals surface area contributed by atoms with Crippen LogP contribution in [0.1, 0.15) is 36.2 Å². The second-order valence-electron chi connectivity index (χ2n) is 7.99. The molecule has 148 valence electrons. The highest BCUT2D eigenvalue weighted by Crippen LogP contribution is 2.19. The minimum atomic E-state index is 0.655. The summed E-state index contributed by atoms with van der Waals surface area (Å²) < 4.78 is 8.42. The van der Waals surface area contributed by atoms with E-state index in [1.54, 1.807) is 0 Å². The monoisotopic (exact) mass is 377 g/mol. The predicted octanol–water partition coefficient (Wildman–Crippen LogP) is 4.76. The molecule has 1 aromatic heterocycles. The Morgan fingerprint density at radius 2 is 1.71 bits per heavy atom. The first-order valence-electron chi connectivity index (χ1n) is 10.6. The number of fused-ring (bicyclic) bond motifs is 1. The molecule has 1 aliphatic heterocycles. The summed E-state index contributed by atoms with van der Waals surface area (Å²) in [6.07, 6.45) is 4.90. The standard InChI is InChI=1S/C24H31N3O/c1-19-16-20(2)18-21(17-19)28-15-14-27-23-9-4-3-8-22(23)25-24(27)10-7-13-26-11-5-6-12-26/h3-4,8-9,16-18H,5-7,10-15H2,1-2H3. The first-order chi connectivity index (χ1) is 13.7. The van der Waals surface area contributed by atoms with Gasteiger partial charge in [0.25, 0.3) is 0 Å². The molecule has 4 rings (SSSR count). The van der Waals surface area contributed by atoms with Crippen LogP contribution in [0.25, 0.3) is 11.0 Å². The van der Waals surface area contributed by atoms with Crippen molar-refractivity contribution in [1.82, 2.24) is 14.5 Å². The number of aromatic nitrogens is 2. The van der Waals surface area contributed by atoms with Gasteiger partial charge in [-0.05, 0) is 88.1 Å². The van der Waals surface area contributed by atoms with Crippen LogP contribution in [0.15, 0.2) is 42.5 Å². The summed E-state index contributed by atoms with van der Waals surface area (Å²) in [5, 5.41) is 0. The van der Waals surface area contributed by atoms with E-state index < -0.39 is 0 Å². The molecule has 1 aliphatic rings. The Bertz CT molecular complexity index is 904. The summed E-state index contributed by atoms with van der Waals surface area (Å²) in [6.45, 7) is 9.42. The van der Waals surface area contributed by atoms with Crippen molar-refractivity contribution in [3.05, 3.63) is 59.4 Å². The minimum absolute atomic E-state index is 0.655. The lowest BCUT2D eigenvalue weighted by atomic mass is 10.1. The second-order valence-corrected chi connectivity index (χ2v) is 7.99. The average molecular weight is 378 g/mol. The molecule has 28 heavy (non-hydrogen) atoms. The van der Waals surface area contributed by atoms with Crippen molar-refractivity contribution in [2.45, 2.75) is 46.1 Å². The number of para-hydroxylation sites is 2. The number of benzene rings is 2. The molecule has 0 radical (unpaired) electrons. The maximum atomic E-state index is 6.07. The Morgan fingerprint density at radius 3 is 2.50 bits per heavy atom. The number of hydrogen-bond donors (Lipinski definition) is 0. The van der Waals surface area contributed by atoms with Crippen molar-refractivity contribution >= 4 is 11.0 Å². The average Bonchev–Trinajstić information content (AvgIpc) is 3.29. The first kappa shape index (κ1) is 19.0. The van der Waals surface area contributed by atoms with Gasteiger partial charge >= 0.3 is 0 Å². The van der Waals surface area contributed by atoms with E-state index in [1.807, 2.05) is 0 Å². The van der Waals surface area contributed by atoms with Crippen molar-refractivity contribution in [3.63, 3.8) is 0 Å². The maximum absolute atomic E-state index is 6.07. The molecule has 0 aliphatic carbocycles. The third-order valence-corrected chi connectivity index (χ3v) is 5.59. The van der Waals surface area contributed by atoms with Gasteiger partial charge in [0.1, 0.15) is 18.2 Å². The Morgan fingerprint density at radius 1 is 0.964 bits per heavy atom. The molecule has 0 N–H and O–H groups in total. The van der Waals surface area contributed by atoms with Gasteiger partial charge in [-0.15, -0.1) is 0 Å². The number of rotatable bonds is 8.